The molecular formula is C6H8CaO12. The molecule has 0 aromatic rings. The number of carbonyl (C=O) groups is 4. The molecule has 0 fully saturated rings. The van der Waals surface area contributed by atoms with Crippen LogP contribution in [0, 0.1) is 0 Å². The number of hydrogen-bond acceptors (Lipinski definition) is 8. The van der Waals surface area contributed by atoms with E-state index in [9.17, 15) is 9.59 Å². The second kappa shape index (κ2) is 14.7. The maximum atomic E-state index is 9.77. The van der Waals surface area contributed by atoms with E-state index < -0.39 is 36.5 Å². The van der Waals surface area contributed by atoms with Crippen LogP contribution in [0.3, 0.4) is 0 Å². The molecule has 0 spiro atoms. The molecule has 0 heterocycles. The summed E-state index contributed by atoms with van der Waals surface area (Å²) in [6, 6.07) is 0. The summed E-state index contributed by atoms with van der Waals surface area (Å²) in [6.07, 6.45) is -8.70. The second-order valence-electron chi connectivity index (χ2n) is 2.10. The largest absolute Gasteiger partial charge is 2.00 e. The summed E-state index contributed by atoms with van der Waals surface area (Å²) in [5.41, 5.74) is 0. The molecule has 13 heteroatoms. The van der Waals surface area contributed by atoms with Gasteiger partial charge in [0.05, 0.1) is 0 Å². The van der Waals surface area contributed by atoms with Crippen molar-refractivity contribution in [2.24, 2.45) is 0 Å². The summed E-state index contributed by atoms with van der Waals surface area (Å²) in [4.78, 5) is 36.4. The molecule has 106 valence electrons. The van der Waals surface area contributed by atoms with E-state index in [-0.39, 0.29) is 37.7 Å². The molecule has 0 amide bonds. The fourth-order valence-corrected chi connectivity index (χ4v) is 0.270. The number of carboxylic acid groups (broad SMARTS) is 6. The van der Waals surface area contributed by atoms with E-state index in [1.54, 1.807) is 0 Å². The fourth-order valence-electron chi connectivity index (χ4n) is 0.270. The van der Waals surface area contributed by atoms with Crippen LogP contribution in [0.2, 0.25) is 0 Å². The number of carboxylic acids is 2. The van der Waals surface area contributed by atoms with Crippen LogP contribution in [-0.2, 0) is 9.59 Å². The van der Waals surface area contributed by atoms with Gasteiger partial charge in [-0.3, -0.25) is 0 Å². The minimum atomic E-state index is -2.27. The van der Waals surface area contributed by atoms with Crippen LogP contribution in [0.5, 0.6) is 0 Å². The molecule has 0 aromatic heterocycles. The van der Waals surface area contributed by atoms with Gasteiger partial charge in [-0.1, -0.05) is 0 Å². The third-order valence-electron chi connectivity index (χ3n) is 0.805. The predicted molar refractivity (Wildman–Crippen MR) is 49.1 cm³/mol. The molecule has 0 saturated carbocycles. The average Bonchev–Trinajstić information content (AvgIpc) is 2.13. The van der Waals surface area contributed by atoms with Crippen molar-refractivity contribution in [3.8, 4) is 0 Å². The van der Waals surface area contributed by atoms with Crippen LogP contribution in [0.1, 0.15) is 0 Å². The zero-order valence-electron chi connectivity index (χ0n) is 8.99. The predicted octanol–water partition coefficient (Wildman–Crippen LogP) is -4.73. The minimum absolute atomic E-state index is 0. The molecule has 6 N–H and O–H groups in total. The van der Waals surface area contributed by atoms with Gasteiger partial charge in [-0.15, -0.1) is 0 Å². The van der Waals surface area contributed by atoms with Gasteiger partial charge in [0.25, 0.3) is 0 Å². The normalized spacial score (nSPS) is 10.8. The van der Waals surface area contributed by atoms with E-state index >= 15 is 0 Å². The quantitative estimate of drug-likeness (QED) is 0.269. The number of aliphatic carboxylic acids is 2. The molecule has 0 rings (SSSR count). The number of aliphatic hydroxyl groups excluding tert-OH is 2. The third kappa shape index (κ3) is 31.5. The van der Waals surface area contributed by atoms with Crippen molar-refractivity contribution in [3.05, 3.63) is 0 Å². The minimum Gasteiger partial charge on any atom is -0.565 e. The van der Waals surface area contributed by atoms with E-state index in [1.165, 1.54) is 0 Å². The van der Waals surface area contributed by atoms with Crippen LogP contribution < -0.4 is 10.2 Å². The first-order chi connectivity index (χ1) is 7.93. The van der Waals surface area contributed by atoms with Crippen LogP contribution >= 0.6 is 0 Å². The zero-order valence-corrected chi connectivity index (χ0v) is 11.2. The number of rotatable bonds is 3. The second-order valence-corrected chi connectivity index (χ2v) is 2.10. The van der Waals surface area contributed by atoms with Crippen LogP contribution in [0.15, 0.2) is 0 Å². The number of hydrogen-bond donors (Lipinski definition) is 6. The van der Waals surface area contributed by atoms with Crippen molar-refractivity contribution < 1.29 is 60.0 Å². The molecule has 0 aliphatic heterocycles. The first kappa shape index (κ1) is 26.3. The fraction of sp³-hybridized carbons (Fsp3) is 0.333. The maximum Gasteiger partial charge on any atom is 2.00 e. The van der Waals surface area contributed by atoms with Crippen LogP contribution in [-0.4, -0.2) is 105 Å². The Balaban J connectivity index is -0.000000105. The molecule has 12 nitrogen and oxygen atoms in total. The average molecular weight is 312 g/mol. The summed E-state index contributed by atoms with van der Waals surface area (Å²) in [5, 5.41) is 63.1. The van der Waals surface area contributed by atoms with Gasteiger partial charge < -0.3 is 50.4 Å². The van der Waals surface area contributed by atoms with Gasteiger partial charge >= 0.3 is 49.7 Å². The molecule has 0 aliphatic carbocycles. The Morgan fingerprint density at radius 2 is 0.789 bits per heavy atom. The Morgan fingerprint density at radius 1 is 0.684 bits per heavy atom. The Morgan fingerprint density at radius 3 is 0.842 bits per heavy atom. The van der Waals surface area contributed by atoms with Gasteiger partial charge in [0.2, 0.25) is 12.3 Å². The first-order valence-electron chi connectivity index (χ1n) is 3.55. The molecule has 19 heavy (non-hydrogen) atoms. The standard InChI is InChI=1S/C4H6O6.2CH2O3.Ca/c5-1(3(7)8)2(6)4(9)10;2*2-1(3)4;/h1-2,5-6H,(H,7,8)(H,9,10);2*(H2,2,3,4);/q;;;+2/p-2. The Bertz CT molecular complexity index is 263. The van der Waals surface area contributed by atoms with Crippen molar-refractivity contribution in [1.29, 1.82) is 0 Å². The summed E-state index contributed by atoms with van der Waals surface area (Å²) < 4.78 is 0. The molecule has 0 bridgehead atoms. The SMILES string of the molecule is O=C(O)C(O)C(O)C(=O)O.O=C([O-])O.O=C([O-])O.[Ca+2]. The maximum absolute atomic E-state index is 9.77. The summed E-state index contributed by atoms with van der Waals surface area (Å²) in [6.45, 7) is 0. The molecule has 0 radical (unpaired) electrons. The Labute approximate surface area is 134 Å². The molecule has 2 atom stereocenters. The van der Waals surface area contributed by atoms with Gasteiger partial charge in [-0.25, -0.2) is 9.59 Å². The summed E-state index contributed by atoms with van der Waals surface area (Å²) >= 11 is 0. The van der Waals surface area contributed by atoms with Gasteiger partial charge in [0.15, 0.2) is 12.2 Å². The van der Waals surface area contributed by atoms with Gasteiger partial charge in [0.1, 0.15) is 0 Å². The van der Waals surface area contributed by atoms with Crippen LogP contribution in [0.25, 0.3) is 0 Å². The molecule has 2 unspecified atom stereocenters. The summed E-state index contributed by atoms with van der Waals surface area (Å²) in [7, 11) is 0. The van der Waals surface area contributed by atoms with Crippen molar-refractivity contribution >= 4 is 62.0 Å². The van der Waals surface area contributed by atoms with Gasteiger partial charge in [-0.2, -0.15) is 0 Å². The molecule has 0 aromatic carbocycles. The molecule has 0 aliphatic rings. The van der Waals surface area contributed by atoms with E-state index in [1.807, 2.05) is 0 Å². The van der Waals surface area contributed by atoms with Crippen molar-refractivity contribution in [2.75, 3.05) is 0 Å². The van der Waals surface area contributed by atoms with E-state index in [2.05, 4.69) is 0 Å². The van der Waals surface area contributed by atoms with Crippen molar-refractivity contribution in [2.45, 2.75) is 12.2 Å². The van der Waals surface area contributed by atoms with Crippen LogP contribution in [0.4, 0.5) is 9.59 Å². The smallest absolute Gasteiger partial charge is 0.565 e. The van der Waals surface area contributed by atoms with Gasteiger partial charge in [-0.05, 0) is 0 Å². The topological polar surface area (TPSA) is 236 Å². The molecular weight excluding hydrogens is 304 g/mol. The monoisotopic (exact) mass is 312 g/mol. The Kier molecular flexibility index (Phi) is 20.4. The Hall–Kier alpha value is -1.34. The van der Waals surface area contributed by atoms with E-state index in [0.717, 1.165) is 0 Å². The van der Waals surface area contributed by atoms with Crippen molar-refractivity contribution in [3.63, 3.8) is 0 Å². The zero-order chi connectivity index (χ0) is 15.5. The third-order valence-corrected chi connectivity index (χ3v) is 0.805. The van der Waals surface area contributed by atoms with E-state index in [4.69, 9.17) is 50.4 Å². The van der Waals surface area contributed by atoms with E-state index in [0.29, 0.717) is 0 Å². The number of aliphatic hydroxyl groups is 2. The van der Waals surface area contributed by atoms with Crippen molar-refractivity contribution in [1.82, 2.24) is 0 Å². The summed E-state index contributed by atoms with van der Waals surface area (Å²) in [5.74, 6) is -3.54. The van der Waals surface area contributed by atoms with Gasteiger partial charge in [0, 0.05) is 0 Å². The first-order valence-corrected chi connectivity index (χ1v) is 3.55. The molecule has 0 saturated heterocycles.